The van der Waals surface area contributed by atoms with Crippen molar-refractivity contribution in [3.8, 4) is 0 Å². The Kier molecular flexibility index (Phi) is 2.97. The predicted octanol–water partition coefficient (Wildman–Crippen LogP) is 3.68. The van der Waals surface area contributed by atoms with Gasteiger partial charge in [0.25, 0.3) is 0 Å². The lowest BCUT2D eigenvalue weighted by molar-refractivity contribution is 0.474. The number of benzene rings is 1. The average Bonchev–Trinajstić information content (AvgIpc) is 2.70. The molecule has 3 heteroatoms. The minimum atomic E-state index is -0.251. The van der Waals surface area contributed by atoms with Gasteiger partial charge in [0.2, 0.25) is 0 Å². The van der Waals surface area contributed by atoms with Crippen LogP contribution in [0.1, 0.15) is 37.1 Å². The van der Waals surface area contributed by atoms with E-state index in [0.29, 0.717) is 16.7 Å². The van der Waals surface area contributed by atoms with E-state index in [1.54, 1.807) is 12.1 Å². The van der Waals surface area contributed by atoms with E-state index in [0.717, 1.165) is 18.4 Å². The van der Waals surface area contributed by atoms with Crippen molar-refractivity contribution in [1.82, 2.24) is 0 Å². The Bertz CT molecular complexity index is 465. The standard InChI is InChI=1S/C13H16FNO/c1-3-4-11(15)12-7-9-10(14)6-5-8(2)13(9)16-12/h5-7,11H,3-4,15H2,1-2H3. The van der Waals surface area contributed by atoms with E-state index >= 15 is 0 Å². The van der Waals surface area contributed by atoms with Crippen LogP contribution < -0.4 is 5.73 Å². The van der Waals surface area contributed by atoms with Crippen molar-refractivity contribution in [2.45, 2.75) is 32.7 Å². The third-order valence-electron chi connectivity index (χ3n) is 2.81. The van der Waals surface area contributed by atoms with Crippen molar-refractivity contribution in [1.29, 1.82) is 0 Å². The molecule has 1 atom stereocenters. The highest BCUT2D eigenvalue weighted by Crippen LogP contribution is 2.29. The second-order valence-corrected chi connectivity index (χ2v) is 4.15. The Balaban J connectivity index is 2.51. The Morgan fingerprint density at radius 3 is 2.81 bits per heavy atom. The molecule has 0 radical (unpaired) electrons. The molecule has 0 fully saturated rings. The fourth-order valence-electron chi connectivity index (χ4n) is 1.88. The van der Waals surface area contributed by atoms with Crippen LogP contribution in [0.2, 0.25) is 0 Å². The second kappa shape index (κ2) is 4.26. The second-order valence-electron chi connectivity index (χ2n) is 4.15. The highest BCUT2D eigenvalue weighted by atomic mass is 19.1. The molecular formula is C13H16FNO. The summed E-state index contributed by atoms with van der Waals surface area (Å²) in [6, 6.07) is 4.76. The number of halogens is 1. The van der Waals surface area contributed by atoms with Gasteiger partial charge in [-0.1, -0.05) is 19.4 Å². The minimum Gasteiger partial charge on any atom is -0.459 e. The number of furan rings is 1. The number of fused-ring (bicyclic) bond motifs is 1. The summed E-state index contributed by atoms with van der Waals surface area (Å²) in [4.78, 5) is 0. The zero-order chi connectivity index (χ0) is 11.7. The van der Waals surface area contributed by atoms with Gasteiger partial charge in [0.05, 0.1) is 11.4 Å². The number of rotatable bonds is 3. The van der Waals surface area contributed by atoms with Gasteiger partial charge >= 0.3 is 0 Å². The predicted molar refractivity (Wildman–Crippen MR) is 62.7 cm³/mol. The molecule has 0 aliphatic carbocycles. The summed E-state index contributed by atoms with van der Waals surface area (Å²) in [6.45, 7) is 3.97. The fraction of sp³-hybridized carbons (Fsp3) is 0.385. The van der Waals surface area contributed by atoms with Crippen molar-refractivity contribution in [3.63, 3.8) is 0 Å². The Morgan fingerprint density at radius 2 is 2.19 bits per heavy atom. The van der Waals surface area contributed by atoms with Crippen molar-refractivity contribution in [3.05, 3.63) is 35.3 Å². The van der Waals surface area contributed by atoms with E-state index in [1.165, 1.54) is 6.07 Å². The molecule has 1 unspecified atom stereocenters. The first-order valence-electron chi connectivity index (χ1n) is 5.57. The third kappa shape index (κ3) is 1.83. The maximum atomic E-state index is 13.5. The van der Waals surface area contributed by atoms with Crippen LogP contribution in [0, 0.1) is 12.7 Å². The Hall–Kier alpha value is -1.35. The van der Waals surface area contributed by atoms with Crippen LogP contribution in [0.3, 0.4) is 0 Å². The van der Waals surface area contributed by atoms with Crippen LogP contribution in [0.15, 0.2) is 22.6 Å². The van der Waals surface area contributed by atoms with Gasteiger partial charge in [0, 0.05) is 0 Å². The van der Waals surface area contributed by atoms with Gasteiger partial charge in [-0.15, -0.1) is 0 Å². The van der Waals surface area contributed by atoms with Crippen LogP contribution in [-0.4, -0.2) is 0 Å². The van der Waals surface area contributed by atoms with E-state index < -0.39 is 0 Å². The lowest BCUT2D eigenvalue weighted by atomic mass is 10.1. The molecule has 0 amide bonds. The molecule has 0 saturated carbocycles. The van der Waals surface area contributed by atoms with Crippen molar-refractivity contribution >= 4 is 11.0 Å². The smallest absolute Gasteiger partial charge is 0.140 e. The van der Waals surface area contributed by atoms with E-state index in [9.17, 15) is 4.39 Å². The molecular weight excluding hydrogens is 205 g/mol. The summed E-state index contributed by atoms with van der Waals surface area (Å²) in [7, 11) is 0. The molecule has 0 aliphatic heterocycles. The van der Waals surface area contributed by atoms with Gasteiger partial charge in [-0.25, -0.2) is 4.39 Å². The Morgan fingerprint density at radius 1 is 1.44 bits per heavy atom. The lowest BCUT2D eigenvalue weighted by Gasteiger charge is -2.05. The maximum absolute atomic E-state index is 13.5. The molecule has 2 nitrogen and oxygen atoms in total. The van der Waals surface area contributed by atoms with Gasteiger partial charge in [-0.3, -0.25) is 0 Å². The molecule has 2 aromatic rings. The van der Waals surface area contributed by atoms with Gasteiger partial charge in [0.15, 0.2) is 0 Å². The number of hydrogen-bond donors (Lipinski definition) is 1. The average molecular weight is 221 g/mol. The largest absolute Gasteiger partial charge is 0.459 e. The SMILES string of the molecule is CCCC(N)c1cc2c(F)ccc(C)c2o1. The molecule has 1 heterocycles. The topological polar surface area (TPSA) is 39.2 Å². The summed E-state index contributed by atoms with van der Waals surface area (Å²) in [5.74, 6) is 0.421. The van der Waals surface area contributed by atoms with Gasteiger partial charge in [-0.05, 0) is 31.0 Å². The number of aryl methyl sites for hydroxylation is 1. The van der Waals surface area contributed by atoms with Crippen LogP contribution in [0.4, 0.5) is 4.39 Å². The molecule has 0 saturated heterocycles. The zero-order valence-electron chi connectivity index (χ0n) is 9.59. The number of hydrogen-bond acceptors (Lipinski definition) is 2. The summed E-state index contributed by atoms with van der Waals surface area (Å²) in [5.41, 5.74) is 7.50. The molecule has 16 heavy (non-hydrogen) atoms. The van der Waals surface area contributed by atoms with Gasteiger partial charge in [0.1, 0.15) is 17.2 Å². The maximum Gasteiger partial charge on any atom is 0.140 e. The molecule has 1 aromatic heterocycles. The molecule has 0 bridgehead atoms. The summed E-state index contributed by atoms with van der Waals surface area (Å²) < 4.78 is 19.2. The first kappa shape index (κ1) is 11.1. The van der Waals surface area contributed by atoms with E-state index in [-0.39, 0.29) is 11.9 Å². The zero-order valence-corrected chi connectivity index (χ0v) is 9.59. The molecule has 2 rings (SSSR count). The van der Waals surface area contributed by atoms with Crippen LogP contribution in [0.25, 0.3) is 11.0 Å². The van der Waals surface area contributed by atoms with Crippen molar-refractivity contribution in [2.75, 3.05) is 0 Å². The summed E-state index contributed by atoms with van der Waals surface area (Å²) in [6.07, 6.45) is 1.83. The first-order chi connectivity index (χ1) is 7.63. The van der Waals surface area contributed by atoms with Crippen molar-refractivity contribution in [2.24, 2.45) is 5.73 Å². The normalized spacial score (nSPS) is 13.2. The lowest BCUT2D eigenvalue weighted by Crippen LogP contribution is -2.08. The quantitative estimate of drug-likeness (QED) is 0.858. The minimum absolute atomic E-state index is 0.142. The van der Waals surface area contributed by atoms with Crippen molar-refractivity contribution < 1.29 is 8.81 Å². The van der Waals surface area contributed by atoms with Crippen LogP contribution in [-0.2, 0) is 0 Å². The monoisotopic (exact) mass is 221 g/mol. The van der Waals surface area contributed by atoms with Gasteiger partial charge < -0.3 is 10.2 Å². The molecule has 2 N–H and O–H groups in total. The summed E-state index contributed by atoms with van der Waals surface area (Å²) >= 11 is 0. The fourth-order valence-corrected chi connectivity index (χ4v) is 1.88. The first-order valence-corrected chi connectivity index (χ1v) is 5.57. The highest BCUT2D eigenvalue weighted by Gasteiger charge is 2.14. The van der Waals surface area contributed by atoms with Crippen LogP contribution in [0.5, 0.6) is 0 Å². The molecule has 1 aromatic carbocycles. The molecule has 0 aliphatic rings. The highest BCUT2D eigenvalue weighted by molar-refractivity contribution is 5.81. The molecule has 86 valence electrons. The van der Waals surface area contributed by atoms with E-state index in [4.69, 9.17) is 10.2 Å². The molecule has 0 spiro atoms. The summed E-state index contributed by atoms with van der Waals surface area (Å²) in [5, 5.41) is 0.529. The number of nitrogens with two attached hydrogens (primary N) is 1. The third-order valence-corrected chi connectivity index (χ3v) is 2.81. The van der Waals surface area contributed by atoms with E-state index in [2.05, 4.69) is 6.92 Å². The van der Waals surface area contributed by atoms with Crippen LogP contribution >= 0.6 is 0 Å². The van der Waals surface area contributed by atoms with Gasteiger partial charge in [-0.2, -0.15) is 0 Å². The Labute approximate surface area is 94.2 Å². The van der Waals surface area contributed by atoms with E-state index in [1.807, 2.05) is 6.92 Å².